The zero-order valence-corrected chi connectivity index (χ0v) is 54.1. The summed E-state index contributed by atoms with van der Waals surface area (Å²) in [6.45, 7) is 2.22. The number of carbonyl (C=O) groups is 12. The molecular weight excluding hydrogens is 1250 g/mol. The Labute approximate surface area is 550 Å². The summed E-state index contributed by atoms with van der Waals surface area (Å²) in [7, 11) is 0. The smallest absolute Gasteiger partial charge is 0.322 e. The zero-order valence-electron chi connectivity index (χ0n) is 54.1. The molecule has 1 heterocycles. The van der Waals surface area contributed by atoms with Gasteiger partial charge in [-0.3, -0.25) is 77.5 Å². The van der Waals surface area contributed by atoms with E-state index >= 15 is 0 Å². The lowest BCUT2D eigenvalue weighted by Gasteiger charge is -2.29. The molecule has 40 heteroatoms. The largest absolute Gasteiger partial charge is 0.481 e. The number of aliphatic hydroxyl groups excluding tert-OH is 1. The number of unbranched alkanes of at least 4 members (excludes halogenated alkanes) is 2. The number of nitrogens with zero attached hydrogens (tertiary/aromatic N) is 5. The summed E-state index contributed by atoms with van der Waals surface area (Å²) >= 11 is 0. The Bertz CT molecular complexity index is 2650. The van der Waals surface area contributed by atoms with Crippen LogP contribution in [0.25, 0.3) is 0 Å². The number of likely N-dealkylation sites (tertiary alicyclic amines) is 1. The number of aliphatic carboxylic acids is 2. The normalized spacial score (nSPS) is 15.6. The van der Waals surface area contributed by atoms with E-state index in [1.165, 1.54) is 18.7 Å². The Hall–Kier alpha value is -9.44. The van der Waals surface area contributed by atoms with Gasteiger partial charge in [0.15, 0.2) is 23.8 Å². The highest BCUT2D eigenvalue weighted by Gasteiger charge is 2.40. The van der Waals surface area contributed by atoms with Crippen LogP contribution in [0.3, 0.4) is 0 Å². The average molecular weight is 1350 g/mol. The molecule has 0 radical (unpaired) electrons. The van der Waals surface area contributed by atoms with Crippen molar-refractivity contribution in [1.82, 2.24) is 52.8 Å². The number of carboxylic acids is 2. The molecule has 11 atom stereocenters. The number of nitrogens with one attached hydrogen (secondary N) is 9. The molecule has 0 spiro atoms. The predicted molar refractivity (Wildman–Crippen MR) is 348 cm³/mol. The van der Waals surface area contributed by atoms with E-state index in [0.717, 1.165) is 0 Å². The molecule has 0 bridgehead atoms. The van der Waals surface area contributed by atoms with Gasteiger partial charge in [0.25, 0.3) is 0 Å². The zero-order chi connectivity index (χ0) is 71.7. The standard InChI is InChI=1S/C55H103N25O15/c1-29(42(86)73-35(16-9-25-69-54(63)64)47(91)76-33(13-4-6-22-57)46(90)75-32(12-3-5-21-56)45(89)74-31(14-7-23-67-52(59)60)43(87)71-28-40(84)85)72-44(88)34(15-8-24-68-53(61)62)77-49(93)37(19-20-39(82)83)78-48(92)36(17-10-26-70-55(65)66)79-50(94)38-18-11-27-80(38)51(95)41(58)30(2)81/h29-38,41,81H,3-28,56-58H2,1-2H3,(H,71,87)(H,72,88)(H,73,86)(H,74,89)(H,75,90)(H,76,91)(H,77,93)(H,78,92)(H,79,94)(H,82,83)(H,84,85)(H4,59,60,67)(H4,61,62,68)(H4,63,64,69)(H4,65,66,70)/t29-,30+,31-,32-,33-,34-,35-,36-,37-,38-,41-/m0/s1. The average Bonchev–Trinajstić information content (AvgIpc) is 1.78. The third kappa shape index (κ3) is 34.9. The fraction of sp³-hybridized carbons (Fsp3) is 0.709. The van der Waals surface area contributed by atoms with Crippen LogP contribution in [0.15, 0.2) is 20.0 Å². The lowest BCUT2D eigenvalue weighted by molar-refractivity contribution is -0.142. The fourth-order valence-corrected chi connectivity index (χ4v) is 9.44. The van der Waals surface area contributed by atoms with Crippen molar-refractivity contribution in [2.75, 3.05) is 52.4 Å². The van der Waals surface area contributed by atoms with Crippen molar-refractivity contribution in [2.24, 2.45) is 83.0 Å². The number of amides is 10. The molecule has 40 nitrogen and oxygen atoms in total. The number of guanidine groups is 4. The molecule has 10 amide bonds. The van der Waals surface area contributed by atoms with Gasteiger partial charge in [-0.15, -0.1) is 0 Å². The van der Waals surface area contributed by atoms with Crippen LogP contribution in [0.4, 0.5) is 0 Å². The molecule has 0 unspecified atom stereocenters. The predicted octanol–water partition coefficient (Wildman–Crippen LogP) is -9.88. The Morgan fingerprint density at radius 1 is 0.442 bits per heavy atom. The van der Waals surface area contributed by atoms with Crippen LogP contribution in [0.1, 0.15) is 129 Å². The molecule has 1 rings (SSSR count). The molecule has 1 saturated heterocycles. The first-order valence-electron chi connectivity index (χ1n) is 31.3. The lowest BCUT2D eigenvalue weighted by Crippen LogP contribution is -2.60. The quantitative estimate of drug-likeness (QED) is 0.0153. The van der Waals surface area contributed by atoms with Gasteiger partial charge in [-0.2, -0.15) is 0 Å². The van der Waals surface area contributed by atoms with Gasteiger partial charge in [0.2, 0.25) is 59.1 Å². The third-order valence-corrected chi connectivity index (χ3v) is 14.6. The van der Waals surface area contributed by atoms with Gasteiger partial charge in [-0.25, -0.2) is 0 Å². The molecule has 0 aliphatic carbocycles. The number of nitrogens with two attached hydrogens (primary N) is 11. The maximum Gasteiger partial charge on any atom is 0.322 e. The van der Waals surface area contributed by atoms with Gasteiger partial charge >= 0.3 is 11.9 Å². The second kappa shape index (κ2) is 45.8. The van der Waals surface area contributed by atoms with E-state index in [9.17, 15) is 72.9 Å². The minimum Gasteiger partial charge on any atom is -0.481 e. The van der Waals surface area contributed by atoms with E-state index in [-0.39, 0.29) is 147 Å². The van der Waals surface area contributed by atoms with Gasteiger partial charge < -0.3 is 131 Å². The summed E-state index contributed by atoms with van der Waals surface area (Å²) in [6.07, 6.45) is -0.940. The summed E-state index contributed by atoms with van der Waals surface area (Å²) in [5.41, 5.74) is 61.3. The molecule has 538 valence electrons. The number of hydrogen-bond acceptors (Lipinski definition) is 20. The van der Waals surface area contributed by atoms with Gasteiger partial charge in [-0.05, 0) is 136 Å². The van der Waals surface area contributed by atoms with Crippen LogP contribution in [-0.4, -0.2) is 234 Å². The first-order chi connectivity index (χ1) is 44.8. The van der Waals surface area contributed by atoms with E-state index in [1.807, 2.05) is 0 Å². The molecule has 0 saturated carbocycles. The molecular formula is C55H103N25O15. The van der Waals surface area contributed by atoms with E-state index in [1.54, 1.807) is 0 Å². The van der Waals surface area contributed by atoms with Crippen molar-refractivity contribution in [3.8, 4) is 0 Å². The first-order valence-corrected chi connectivity index (χ1v) is 31.3. The monoisotopic (exact) mass is 1350 g/mol. The second-order valence-electron chi connectivity index (χ2n) is 22.5. The van der Waals surface area contributed by atoms with Crippen molar-refractivity contribution < 1.29 is 72.9 Å². The Morgan fingerprint density at radius 3 is 1.11 bits per heavy atom. The molecule has 1 fully saturated rings. The number of rotatable bonds is 48. The Kier molecular flexibility index (Phi) is 40.3. The maximum atomic E-state index is 14.4. The van der Waals surface area contributed by atoms with Crippen molar-refractivity contribution in [1.29, 1.82) is 0 Å². The molecule has 0 aromatic rings. The van der Waals surface area contributed by atoms with Crippen LogP contribution < -0.4 is 111 Å². The van der Waals surface area contributed by atoms with Gasteiger partial charge in [0, 0.05) is 39.1 Å². The van der Waals surface area contributed by atoms with Crippen LogP contribution in [0, 0.1) is 0 Å². The van der Waals surface area contributed by atoms with Gasteiger partial charge in [0.1, 0.15) is 67.0 Å². The van der Waals surface area contributed by atoms with Crippen molar-refractivity contribution in [2.45, 2.75) is 196 Å². The van der Waals surface area contributed by atoms with E-state index < -0.39 is 157 Å². The second-order valence-corrected chi connectivity index (χ2v) is 22.5. The number of carboxylic acid groups (broad SMARTS) is 2. The molecule has 0 aromatic heterocycles. The molecule has 95 heavy (non-hydrogen) atoms. The highest BCUT2D eigenvalue weighted by Crippen LogP contribution is 2.20. The topological polar surface area (TPSA) is 713 Å². The molecule has 1 aliphatic heterocycles. The number of carbonyl (C=O) groups excluding carboxylic acids is 10. The summed E-state index contributed by atoms with van der Waals surface area (Å²) in [5, 5.41) is 51.6. The third-order valence-electron chi connectivity index (χ3n) is 14.6. The minimum absolute atomic E-state index is 0.00795. The van der Waals surface area contributed by atoms with Gasteiger partial charge in [-0.1, -0.05) is 0 Å². The first kappa shape index (κ1) is 83.6. The van der Waals surface area contributed by atoms with Gasteiger partial charge in [0.05, 0.1) is 6.10 Å². The summed E-state index contributed by atoms with van der Waals surface area (Å²) in [5.74, 6) is -12.8. The summed E-state index contributed by atoms with van der Waals surface area (Å²) in [4.78, 5) is 180. The Morgan fingerprint density at radius 2 is 0.768 bits per heavy atom. The molecule has 0 aromatic carbocycles. The number of hydrogen-bond donors (Lipinski definition) is 23. The van der Waals surface area contributed by atoms with E-state index in [4.69, 9.17) is 63.1 Å². The van der Waals surface area contributed by atoms with Crippen LogP contribution in [0.5, 0.6) is 0 Å². The number of aliphatic hydroxyl groups is 1. The van der Waals surface area contributed by atoms with Crippen molar-refractivity contribution >= 4 is 94.8 Å². The fourth-order valence-electron chi connectivity index (χ4n) is 9.44. The summed E-state index contributed by atoms with van der Waals surface area (Å²) < 4.78 is 0. The lowest BCUT2D eigenvalue weighted by atomic mass is 10.0. The maximum absolute atomic E-state index is 14.4. The highest BCUT2D eigenvalue weighted by atomic mass is 16.4. The Balaban J connectivity index is 3.67. The van der Waals surface area contributed by atoms with Crippen LogP contribution >= 0.6 is 0 Å². The van der Waals surface area contributed by atoms with Crippen LogP contribution in [0.2, 0.25) is 0 Å². The number of aliphatic imine (C=N–C) groups is 4. The van der Waals surface area contributed by atoms with E-state index in [2.05, 4.69) is 67.8 Å². The SMILES string of the molecule is C[C@H](NC(=O)[C@H](CCCN=C(N)N)NC(=O)[C@H](CCC(=O)O)NC(=O)[C@H](CCCN=C(N)N)NC(=O)[C@@H]1CCCN1C(=O)[C@@H](N)[C@@H](C)O)C(=O)N[C@@H](CCCN=C(N)N)C(=O)N[C@@H](CCCCN)C(=O)N[C@@H](CCCCN)C(=O)N[C@@H](CCCN=C(N)N)C(=O)NCC(=O)O. The molecule has 34 N–H and O–H groups in total. The van der Waals surface area contributed by atoms with Crippen LogP contribution in [-0.2, 0) is 57.5 Å². The molecule has 1 aliphatic rings. The minimum atomic E-state index is -1.70. The highest BCUT2D eigenvalue weighted by molar-refractivity contribution is 5.99. The van der Waals surface area contributed by atoms with E-state index in [0.29, 0.717) is 25.7 Å². The summed E-state index contributed by atoms with van der Waals surface area (Å²) in [6, 6.07) is -14.2. The van der Waals surface area contributed by atoms with Crippen molar-refractivity contribution in [3.05, 3.63) is 0 Å². The van der Waals surface area contributed by atoms with Crippen molar-refractivity contribution in [3.63, 3.8) is 0 Å².